The molecule has 0 saturated carbocycles. The minimum absolute atomic E-state index is 0.929. The number of para-hydroxylation sites is 2. The van der Waals surface area contributed by atoms with Crippen LogP contribution in [0.5, 0.6) is 0 Å². The van der Waals surface area contributed by atoms with Crippen LogP contribution in [0.3, 0.4) is 0 Å². The molecular weight excluding hydrogens is 488 g/mol. The zero-order valence-electron chi connectivity index (χ0n) is 21.6. The van der Waals surface area contributed by atoms with E-state index in [-0.39, 0.29) is 0 Å². The maximum Gasteiger partial charge on any atom is 0.133 e. The molecule has 0 unspecified atom stereocenters. The quantitative estimate of drug-likeness (QED) is 0.236. The third-order valence-corrected chi connectivity index (χ3v) is 7.55. The summed E-state index contributed by atoms with van der Waals surface area (Å²) in [6.07, 6.45) is 1.89. The van der Waals surface area contributed by atoms with Crippen molar-refractivity contribution >= 4 is 33.0 Å². The number of fused-ring (bicyclic) bond motifs is 5. The normalized spacial score (nSPS) is 11.5. The molecule has 0 radical (unpaired) electrons. The van der Waals surface area contributed by atoms with Crippen molar-refractivity contribution in [2.75, 3.05) is 0 Å². The molecule has 4 nitrogen and oxygen atoms in total. The van der Waals surface area contributed by atoms with E-state index < -0.39 is 0 Å². The molecule has 0 bridgehead atoms. The summed E-state index contributed by atoms with van der Waals surface area (Å²) in [5, 5.41) is 2.33. The van der Waals surface area contributed by atoms with E-state index >= 15 is 0 Å². The van der Waals surface area contributed by atoms with Gasteiger partial charge in [-0.3, -0.25) is 14.1 Å². The fraction of sp³-hybridized carbons (Fsp3) is 0. The van der Waals surface area contributed by atoms with Gasteiger partial charge in [0.25, 0.3) is 0 Å². The van der Waals surface area contributed by atoms with Gasteiger partial charge in [-0.25, -0.2) is 4.98 Å². The fourth-order valence-electron chi connectivity index (χ4n) is 5.81. The Bertz CT molecular complexity index is 2080. The summed E-state index contributed by atoms with van der Waals surface area (Å²) in [4.78, 5) is 10.1. The largest absolute Gasteiger partial charge is 0.295 e. The summed E-state index contributed by atoms with van der Waals surface area (Å²) in [6.45, 7) is 0. The van der Waals surface area contributed by atoms with E-state index in [0.29, 0.717) is 0 Å². The molecule has 0 aliphatic rings. The van der Waals surface area contributed by atoms with E-state index in [1.54, 1.807) is 0 Å². The highest BCUT2D eigenvalue weighted by atomic mass is 15.1. The van der Waals surface area contributed by atoms with Gasteiger partial charge in [0.1, 0.15) is 5.65 Å². The molecule has 4 heterocycles. The Morgan fingerprint density at radius 3 is 1.70 bits per heavy atom. The van der Waals surface area contributed by atoms with E-state index in [2.05, 4.69) is 130 Å². The van der Waals surface area contributed by atoms with E-state index in [1.165, 1.54) is 5.39 Å². The predicted molar refractivity (Wildman–Crippen MR) is 164 cm³/mol. The average molecular weight is 513 g/mol. The molecule has 0 N–H and O–H groups in total. The van der Waals surface area contributed by atoms with Gasteiger partial charge in [0.15, 0.2) is 0 Å². The molecule has 0 spiro atoms. The summed E-state index contributed by atoms with van der Waals surface area (Å²) >= 11 is 0. The number of aromatic nitrogens is 4. The molecule has 4 aromatic carbocycles. The van der Waals surface area contributed by atoms with Crippen molar-refractivity contribution in [2.24, 2.45) is 0 Å². The van der Waals surface area contributed by atoms with Crippen LogP contribution in [0, 0.1) is 0 Å². The van der Waals surface area contributed by atoms with Crippen LogP contribution in [0.25, 0.3) is 66.9 Å². The first kappa shape index (κ1) is 22.5. The lowest BCUT2D eigenvalue weighted by Crippen LogP contribution is -2.03. The molecule has 0 saturated heterocycles. The fourth-order valence-corrected chi connectivity index (χ4v) is 5.81. The van der Waals surface area contributed by atoms with Gasteiger partial charge in [0, 0.05) is 28.4 Å². The van der Waals surface area contributed by atoms with Crippen molar-refractivity contribution in [3.63, 3.8) is 0 Å². The zero-order chi connectivity index (χ0) is 26.5. The monoisotopic (exact) mass is 512 g/mol. The van der Waals surface area contributed by atoms with Crippen LogP contribution >= 0.6 is 0 Å². The van der Waals surface area contributed by atoms with Crippen LogP contribution in [0.15, 0.2) is 146 Å². The standard InChI is InChI=1S/C36H24N4/c1-4-13-25(14-5-1)30-23-28(24-31(38-30)26-15-6-2-7-16-26)40-33-21-12-22-37-35(33)34-29-19-10-11-20-32(29)39(36(34)40)27-17-8-3-9-18-27/h1-24H. The number of rotatable bonds is 4. The van der Waals surface area contributed by atoms with Crippen molar-refractivity contribution in [1.29, 1.82) is 0 Å². The highest BCUT2D eigenvalue weighted by Crippen LogP contribution is 2.40. The Balaban J connectivity index is 1.54. The van der Waals surface area contributed by atoms with Crippen LogP contribution in [0.1, 0.15) is 0 Å². The smallest absolute Gasteiger partial charge is 0.133 e. The van der Waals surface area contributed by atoms with Crippen molar-refractivity contribution in [3.8, 4) is 33.9 Å². The first-order chi connectivity index (χ1) is 19.9. The first-order valence-electron chi connectivity index (χ1n) is 13.4. The van der Waals surface area contributed by atoms with Gasteiger partial charge >= 0.3 is 0 Å². The molecular formula is C36H24N4. The lowest BCUT2D eigenvalue weighted by atomic mass is 10.1. The summed E-state index contributed by atoms with van der Waals surface area (Å²) in [7, 11) is 0. The van der Waals surface area contributed by atoms with E-state index in [4.69, 9.17) is 9.97 Å². The van der Waals surface area contributed by atoms with Gasteiger partial charge < -0.3 is 0 Å². The summed E-state index contributed by atoms with van der Waals surface area (Å²) in [5.74, 6) is 0. The highest BCUT2D eigenvalue weighted by Gasteiger charge is 2.23. The SMILES string of the molecule is c1ccc(-c2cc(-n3c4cccnc4c4c5ccccc5n(-c5ccccc5)c43)cc(-c3ccccc3)n2)cc1. The zero-order valence-corrected chi connectivity index (χ0v) is 21.6. The molecule has 188 valence electrons. The third kappa shape index (κ3) is 3.47. The summed E-state index contributed by atoms with van der Waals surface area (Å²) in [5.41, 5.74) is 10.5. The second-order valence-corrected chi connectivity index (χ2v) is 9.92. The third-order valence-electron chi connectivity index (χ3n) is 7.55. The topological polar surface area (TPSA) is 35.6 Å². The molecule has 0 aliphatic carbocycles. The molecule has 4 heteroatoms. The minimum Gasteiger partial charge on any atom is -0.295 e. The van der Waals surface area contributed by atoms with Gasteiger partial charge in [0.2, 0.25) is 0 Å². The molecule has 0 fully saturated rings. The number of hydrogen-bond donors (Lipinski definition) is 0. The first-order valence-corrected chi connectivity index (χ1v) is 13.4. The lowest BCUT2D eigenvalue weighted by Gasteiger charge is -2.15. The van der Waals surface area contributed by atoms with Crippen LogP contribution in [0.4, 0.5) is 0 Å². The number of nitrogens with zero attached hydrogens (tertiary/aromatic N) is 4. The Hall–Kier alpha value is -5.48. The van der Waals surface area contributed by atoms with Crippen LogP contribution < -0.4 is 0 Å². The Kier molecular flexibility index (Phi) is 5.10. The summed E-state index contributed by atoms with van der Waals surface area (Å²) < 4.78 is 4.71. The highest BCUT2D eigenvalue weighted by molar-refractivity contribution is 6.21. The van der Waals surface area contributed by atoms with Gasteiger partial charge in [-0.05, 0) is 42.5 Å². The molecule has 0 aliphatic heterocycles. The number of hydrogen-bond acceptors (Lipinski definition) is 2. The minimum atomic E-state index is 0.929. The van der Waals surface area contributed by atoms with E-state index in [9.17, 15) is 0 Å². The van der Waals surface area contributed by atoms with Crippen LogP contribution in [-0.2, 0) is 0 Å². The van der Waals surface area contributed by atoms with Gasteiger partial charge in [0.05, 0.1) is 39.0 Å². The summed E-state index contributed by atoms with van der Waals surface area (Å²) in [6, 6.07) is 48.6. The van der Waals surface area contributed by atoms with Gasteiger partial charge in [-0.2, -0.15) is 0 Å². The predicted octanol–water partition coefficient (Wildman–Crippen LogP) is 8.85. The lowest BCUT2D eigenvalue weighted by molar-refractivity contribution is 1.06. The maximum atomic E-state index is 5.13. The molecule has 40 heavy (non-hydrogen) atoms. The maximum absolute atomic E-state index is 5.13. The van der Waals surface area contributed by atoms with Crippen LogP contribution in [-0.4, -0.2) is 19.1 Å². The molecule has 8 rings (SSSR count). The molecule has 4 aromatic heterocycles. The van der Waals surface area contributed by atoms with Crippen molar-refractivity contribution in [3.05, 3.63) is 146 Å². The van der Waals surface area contributed by atoms with Crippen molar-refractivity contribution in [1.82, 2.24) is 19.1 Å². The van der Waals surface area contributed by atoms with Gasteiger partial charge in [-0.1, -0.05) is 97.1 Å². The molecule has 0 amide bonds. The molecule has 0 atom stereocenters. The number of benzene rings is 4. The second kappa shape index (κ2) is 9.07. The van der Waals surface area contributed by atoms with Crippen molar-refractivity contribution < 1.29 is 0 Å². The Morgan fingerprint density at radius 1 is 0.475 bits per heavy atom. The van der Waals surface area contributed by atoms with Crippen LogP contribution in [0.2, 0.25) is 0 Å². The van der Waals surface area contributed by atoms with E-state index in [1.807, 2.05) is 24.4 Å². The Labute approximate surface area is 231 Å². The second-order valence-electron chi connectivity index (χ2n) is 9.92. The van der Waals surface area contributed by atoms with E-state index in [0.717, 1.165) is 61.5 Å². The average Bonchev–Trinajstić information content (AvgIpc) is 3.55. The van der Waals surface area contributed by atoms with Crippen molar-refractivity contribution in [2.45, 2.75) is 0 Å². The Morgan fingerprint density at radius 2 is 1.02 bits per heavy atom. The van der Waals surface area contributed by atoms with Gasteiger partial charge in [-0.15, -0.1) is 0 Å². The molecule has 8 aromatic rings. The number of pyridine rings is 2.